The van der Waals surface area contributed by atoms with E-state index in [0.29, 0.717) is 33.5 Å². The van der Waals surface area contributed by atoms with Crippen LogP contribution in [0.2, 0.25) is 5.02 Å². The van der Waals surface area contributed by atoms with Crippen molar-refractivity contribution in [1.82, 2.24) is 0 Å². The van der Waals surface area contributed by atoms with Gasteiger partial charge in [-0.05, 0) is 25.1 Å². The fourth-order valence-corrected chi connectivity index (χ4v) is 2.22. The third kappa shape index (κ3) is 3.84. The highest BCUT2D eigenvalue weighted by Gasteiger charge is 2.13. The van der Waals surface area contributed by atoms with E-state index in [1.165, 1.54) is 32.4 Å². The SMILES string of the molecule is COc1cc(OC)c(NC(=O)Nc2cccc(F)c2C)cc1Cl. The first-order valence-corrected chi connectivity index (χ1v) is 7.08. The van der Waals surface area contributed by atoms with Gasteiger partial charge in [0.2, 0.25) is 0 Å². The molecule has 2 N–H and O–H groups in total. The van der Waals surface area contributed by atoms with Crippen LogP contribution in [0.15, 0.2) is 30.3 Å². The van der Waals surface area contributed by atoms with Crippen LogP contribution in [0.5, 0.6) is 11.5 Å². The second kappa shape index (κ2) is 7.19. The standard InChI is InChI=1S/C16H16ClFN2O3/c1-9-11(18)5-4-6-12(9)19-16(21)20-13-7-10(17)14(22-2)8-15(13)23-3/h4-8H,1-3H3,(H2,19,20,21). The zero-order valence-corrected chi connectivity index (χ0v) is 13.6. The minimum Gasteiger partial charge on any atom is -0.495 e. The van der Waals surface area contributed by atoms with Crippen molar-refractivity contribution in [2.24, 2.45) is 0 Å². The highest BCUT2D eigenvalue weighted by Crippen LogP contribution is 2.36. The highest BCUT2D eigenvalue weighted by molar-refractivity contribution is 6.32. The summed E-state index contributed by atoms with van der Waals surface area (Å²) in [6, 6.07) is 6.98. The van der Waals surface area contributed by atoms with Gasteiger partial charge in [-0.2, -0.15) is 0 Å². The predicted molar refractivity (Wildman–Crippen MR) is 88.3 cm³/mol. The second-order valence-electron chi connectivity index (χ2n) is 4.68. The third-order valence-electron chi connectivity index (χ3n) is 3.24. The first-order chi connectivity index (χ1) is 11.0. The van der Waals surface area contributed by atoms with Gasteiger partial charge in [0.1, 0.15) is 17.3 Å². The van der Waals surface area contributed by atoms with Crippen molar-refractivity contribution < 1.29 is 18.7 Å². The van der Waals surface area contributed by atoms with Gasteiger partial charge in [-0.25, -0.2) is 9.18 Å². The number of anilines is 2. The largest absolute Gasteiger partial charge is 0.495 e. The van der Waals surface area contributed by atoms with Gasteiger partial charge in [0.25, 0.3) is 0 Å². The normalized spacial score (nSPS) is 10.1. The van der Waals surface area contributed by atoms with E-state index in [9.17, 15) is 9.18 Å². The predicted octanol–water partition coefficient (Wildman–Crippen LogP) is 4.45. The molecule has 2 rings (SSSR count). The molecule has 0 radical (unpaired) electrons. The molecule has 0 aliphatic rings. The van der Waals surface area contributed by atoms with Gasteiger partial charge in [0.15, 0.2) is 0 Å². The first-order valence-electron chi connectivity index (χ1n) is 6.71. The molecule has 122 valence electrons. The first kappa shape index (κ1) is 16.9. The van der Waals surface area contributed by atoms with E-state index in [1.807, 2.05) is 0 Å². The van der Waals surface area contributed by atoms with Gasteiger partial charge in [0.05, 0.1) is 24.9 Å². The van der Waals surface area contributed by atoms with E-state index < -0.39 is 11.8 Å². The molecule has 0 aliphatic heterocycles. The summed E-state index contributed by atoms with van der Waals surface area (Å²) in [4.78, 5) is 12.1. The summed E-state index contributed by atoms with van der Waals surface area (Å²) in [5.41, 5.74) is 1.09. The van der Waals surface area contributed by atoms with Crippen LogP contribution in [0.4, 0.5) is 20.6 Å². The average molecular weight is 339 g/mol. The van der Waals surface area contributed by atoms with Gasteiger partial charge in [-0.15, -0.1) is 0 Å². The molecule has 2 aromatic rings. The fraction of sp³-hybridized carbons (Fsp3) is 0.188. The van der Waals surface area contributed by atoms with Crippen molar-refractivity contribution in [1.29, 1.82) is 0 Å². The van der Waals surface area contributed by atoms with Crippen molar-refractivity contribution in [3.63, 3.8) is 0 Å². The Labute approximate surface area is 138 Å². The summed E-state index contributed by atoms with van der Waals surface area (Å²) in [6.07, 6.45) is 0. The Bertz CT molecular complexity index is 738. The van der Waals surface area contributed by atoms with E-state index in [0.717, 1.165) is 0 Å². The zero-order valence-electron chi connectivity index (χ0n) is 12.9. The summed E-state index contributed by atoms with van der Waals surface area (Å²) in [6.45, 7) is 1.58. The summed E-state index contributed by atoms with van der Waals surface area (Å²) in [5, 5.41) is 5.51. The quantitative estimate of drug-likeness (QED) is 0.866. The van der Waals surface area contributed by atoms with Gasteiger partial charge in [0, 0.05) is 17.3 Å². The molecule has 0 fully saturated rings. The Morgan fingerprint density at radius 3 is 2.39 bits per heavy atom. The molecule has 0 bridgehead atoms. The summed E-state index contributed by atoms with van der Waals surface area (Å²) in [5.74, 6) is 0.417. The van der Waals surface area contributed by atoms with Crippen LogP contribution in [0.3, 0.4) is 0 Å². The van der Waals surface area contributed by atoms with Crippen LogP contribution < -0.4 is 20.1 Å². The number of carbonyl (C=O) groups is 1. The van der Waals surface area contributed by atoms with Crippen molar-refractivity contribution >= 4 is 29.0 Å². The lowest BCUT2D eigenvalue weighted by Crippen LogP contribution is -2.20. The molecule has 0 heterocycles. The molecule has 2 amide bonds. The average Bonchev–Trinajstić information content (AvgIpc) is 2.52. The highest BCUT2D eigenvalue weighted by atomic mass is 35.5. The lowest BCUT2D eigenvalue weighted by molar-refractivity contribution is 0.262. The van der Waals surface area contributed by atoms with Gasteiger partial charge < -0.3 is 20.1 Å². The van der Waals surface area contributed by atoms with Crippen LogP contribution in [0, 0.1) is 12.7 Å². The maximum absolute atomic E-state index is 13.5. The number of benzene rings is 2. The fourth-order valence-electron chi connectivity index (χ4n) is 1.98. The molecule has 0 aliphatic carbocycles. The number of hydrogen-bond donors (Lipinski definition) is 2. The summed E-state index contributed by atoms with van der Waals surface area (Å²) in [7, 11) is 2.94. The minimum atomic E-state index is -0.543. The van der Waals surface area contributed by atoms with Crippen LogP contribution in [0.25, 0.3) is 0 Å². The molecule has 2 aromatic carbocycles. The Morgan fingerprint density at radius 2 is 1.74 bits per heavy atom. The Kier molecular flexibility index (Phi) is 5.28. The number of nitrogens with one attached hydrogen (secondary N) is 2. The van der Waals surface area contributed by atoms with Gasteiger partial charge in [-0.1, -0.05) is 17.7 Å². The number of carbonyl (C=O) groups excluding carboxylic acids is 1. The maximum atomic E-state index is 13.5. The van der Waals surface area contributed by atoms with Crippen LogP contribution in [-0.4, -0.2) is 20.3 Å². The molecule has 0 unspecified atom stereocenters. The molecular formula is C16H16ClFN2O3. The summed E-state index contributed by atoms with van der Waals surface area (Å²) >= 11 is 6.05. The molecule has 0 aromatic heterocycles. The molecule has 5 nitrogen and oxygen atoms in total. The lowest BCUT2D eigenvalue weighted by atomic mass is 10.2. The van der Waals surface area contributed by atoms with Gasteiger partial charge in [-0.3, -0.25) is 0 Å². The Morgan fingerprint density at radius 1 is 1.09 bits per heavy atom. The zero-order chi connectivity index (χ0) is 17.0. The van der Waals surface area contributed by atoms with Crippen molar-refractivity contribution in [2.75, 3.05) is 24.9 Å². The Hall–Kier alpha value is -2.47. The van der Waals surface area contributed by atoms with E-state index in [4.69, 9.17) is 21.1 Å². The number of halogens is 2. The molecular weight excluding hydrogens is 323 g/mol. The number of methoxy groups -OCH3 is 2. The molecule has 0 spiro atoms. The number of rotatable bonds is 4. The third-order valence-corrected chi connectivity index (χ3v) is 3.53. The number of hydrogen-bond acceptors (Lipinski definition) is 3. The van der Waals surface area contributed by atoms with Crippen molar-refractivity contribution in [3.8, 4) is 11.5 Å². The van der Waals surface area contributed by atoms with E-state index in [-0.39, 0.29) is 0 Å². The van der Waals surface area contributed by atoms with Crippen molar-refractivity contribution in [3.05, 3.63) is 46.7 Å². The lowest BCUT2D eigenvalue weighted by Gasteiger charge is -2.14. The topological polar surface area (TPSA) is 59.6 Å². The number of ether oxygens (including phenoxy) is 2. The minimum absolute atomic E-state index is 0.325. The summed E-state index contributed by atoms with van der Waals surface area (Å²) < 4.78 is 23.8. The van der Waals surface area contributed by atoms with E-state index in [2.05, 4.69) is 10.6 Å². The number of amides is 2. The van der Waals surface area contributed by atoms with E-state index in [1.54, 1.807) is 19.1 Å². The van der Waals surface area contributed by atoms with Crippen LogP contribution in [-0.2, 0) is 0 Å². The molecule has 23 heavy (non-hydrogen) atoms. The van der Waals surface area contributed by atoms with Crippen LogP contribution >= 0.6 is 11.6 Å². The Balaban J connectivity index is 2.20. The maximum Gasteiger partial charge on any atom is 0.323 e. The second-order valence-corrected chi connectivity index (χ2v) is 5.09. The number of urea groups is 1. The van der Waals surface area contributed by atoms with Crippen molar-refractivity contribution in [2.45, 2.75) is 6.92 Å². The molecule has 7 heteroatoms. The molecule has 0 saturated carbocycles. The monoisotopic (exact) mass is 338 g/mol. The molecule has 0 atom stereocenters. The van der Waals surface area contributed by atoms with Gasteiger partial charge >= 0.3 is 6.03 Å². The van der Waals surface area contributed by atoms with E-state index >= 15 is 0 Å². The smallest absolute Gasteiger partial charge is 0.323 e. The van der Waals surface area contributed by atoms with Crippen LogP contribution in [0.1, 0.15) is 5.56 Å². The molecule has 0 saturated heterocycles.